The second-order valence-electron chi connectivity index (χ2n) is 7.90. The van der Waals surface area contributed by atoms with Crippen molar-refractivity contribution in [2.24, 2.45) is 5.92 Å². The van der Waals surface area contributed by atoms with Gasteiger partial charge in [-0.1, -0.05) is 16.5 Å². The van der Waals surface area contributed by atoms with E-state index >= 15 is 0 Å². The Morgan fingerprint density at radius 1 is 1.27 bits per heavy atom. The van der Waals surface area contributed by atoms with E-state index in [9.17, 15) is 13.5 Å². The van der Waals surface area contributed by atoms with Crippen LogP contribution in [-0.2, 0) is 27.9 Å². The summed E-state index contributed by atoms with van der Waals surface area (Å²) in [6.07, 6.45) is 4.72. The molecule has 2 aromatic rings. The van der Waals surface area contributed by atoms with Gasteiger partial charge in [0, 0.05) is 37.4 Å². The zero-order valence-corrected chi connectivity index (χ0v) is 18.8. The summed E-state index contributed by atoms with van der Waals surface area (Å²) >= 11 is 5.75. The molecule has 2 heterocycles. The topological polar surface area (TPSA) is 132 Å². The number of nitrogens with one attached hydrogen (secondary N) is 1. The lowest BCUT2D eigenvalue weighted by Crippen LogP contribution is -2.34. The Hall–Kier alpha value is -1.66. The van der Waals surface area contributed by atoms with Crippen LogP contribution in [0, 0.1) is 5.92 Å². The number of sulfonamides is 1. The Balaban J connectivity index is 1.58. The lowest BCUT2D eigenvalue weighted by atomic mass is 9.75. The lowest BCUT2D eigenvalue weighted by Gasteiger charge is -2.34. The van der Waals surface area contributed by atoms with Crippen LogP contribution in [-0.4, -0.2) is 50.1 Å². The average molecular weight is 459 g/mol. The average Bonchev–Trinajstić information content (AvgIpc) is 3.06. The van der Waals surface area contributed by atoms with Gasteiger partial charge < -0.3 is 9.67 Å². The van der Waals surface area contributed by atoms with Crippen LogP contribution in [0.15, 0.2) is 12.4 Å². The van der Waals surface area contributed by atoms with Gasteiger partial charge in [-0.15, -0.1) is 10.2 Å². The third-order valence-electron chi connectivity index (χ3n) is 5.22. The molecule has 1 atom stereocenters. The summed E-state index contributed by atoms with van der Waals surface area (Å²) in [6, 6.07) is 0.0966. The maximum Gasteiger partial charge on any atom is 0.236 e. The van der Waals surface area contributed by atoms with Gasteiger partial charge >= 0.3 is 0 Å². The molecule has 2 N–H and O–H groups in total. The molecule has 0 saturated heterocycles. The zero-order valence-electron chi connectivity index (χ0n) is 17.2. The van der Waals surface area contributed by atoms with Crippen LogP contribution in [0.4, 0.5) is 0 Å². The summed E-state index contributed by atoms with van der Waals surface area (Å²) in [5, 5.41) is 17.3. The molecule has 12 heteroatoms. The third kappa shape index (κ3) is 5.33. The van der Waals surface area contributed by atoms with Gasteiger partial charge in [0.05, 0.1) is 10.3 Å². The van der Waals surface area contributed by atoms with Crippen molar-refractivity contribution in [2.45, 2.75) is 63.9 Å². The first-order valence-corrected chi connectivity index (χ1v) is 11.8. The number of nitrogens with zero attached hydrogens (tertiary/aromatic N) is 5. The molecular weight excluding hydrogens is 432 g/mol. The molecule has 166 valence electrons. The summed E-state index contributed by atoms with van der Waals surface area (Å²) in [5.41, 5.74) is 0. The van der Waals surface area contributed by atoms with Gasteiger partial charge in [-0.2, -0.15) is 0 Å². The molecule has 1 fully saturated rings. The van der Waals surface area contributed by atoms with E-state index in [2.05, 4.69) is 25.1 Å². The van der Waals surface area contributed by atoms with Crippen molar-refractivity contribution in [1.29, 1.82) is 0 Å². The fourth-order valence-electron chi connectivity index (χ4n) is 3.44. The first-order valence-electron chi connectivity index (χ1n) is 9.84. The van der Waals surface area contributed by atoms with E-state index in [1.807, 2.05) is 18.4 Å². The highest BCUT2D eigenvalue weighted by atomic mass is 35.5. The van der Waals surface area contributed by atoms with E-state index in [1.165, 1.54) is 12.4 Å². The minimum absolute atomic E-state index is 0.0509. The van der Waals surface area contributed by atoms with Gasteiger partial charge in [0.15, 0.2) is 5.82 Å². The molecule has 30 heavy (non-hydrogen) atoms. The highest BCUT2D eigenvalue weighted by Crippen LogP contribution is 2.41. The molecule has 0 bridgehead atoms. The van der Waals surface area contributed by atoms with E-state index in [-0.39, 0.29) is 31.6 Å². The molecule has 1 saturated carbocycles. The molecule has 0 amide bonds. The number of hydrogen-bond donors (Lipinski definition) is 2. The number of hydrogen-bond acceptors (Lipinski definition) is 8. The first kappa shape index (κ1) is 23.0. The molecule has 0 spiro atoms. The largest absolute Gasteiger partial charge is 0.396 e. The van der Waals surface area contributed by atoms with Crippen LogP contribution in [0.25, 0.3) is 0 Å². The van der Waals surface area contributed by atoms with Crippen molar-refractivity contribution < 1.29 is 18.4 Å². The molecule has 1 aliphatic rings. The van der Waals surface area contributed by atoms with Crippen molar-refractivity contribution in [3.05, 3.63) is 34.9 Å². The van der Waals surface area contributed by atoms with Gasteiger partial charge in [0.25, 0.3) is 0 Å². The molecule has 2 aromatic heterocycles. The minimum Gasteiger partial charge on any atom is -0.396 e. The lowest BCUT2D eigenvalue weighted by molar-refractivity contribution is 0.0707. The fraction of sp³-hybridized carbons (Fsp3) is 0.667. The Morgan fingerprint density at radius 3 is 2.53 bits per heavy atom. The fourth-order valence-corrected chi connectivity index (χ4v) is 4.30. The van der Waals surface area contributed by atoms with Crippen LogP contribution >= 0.6 is 11.6 Å². The van der Waals surface area contributed by atoms with Crippen LogP contribution in [0.5, 0.6) is 0 Å². The Morgan fingerprint density at radius 2 is 1.93 bits per heavy atom. The summed E-state index contributed by atoms with van der Waals surface area (Å²) in [6.45, 7) is 5.70. The summed E-state index contributed by atoms with van der Waals surface area (Å²) in [4.78, 5) is 15.5. The molecule has 3 rings (SSSR count). The van der Waals surface area contributed by atoms with Crippen molar-refractivity contribution in [1.82, 2.24) is 29.6 Å². The van der Waals surface area contributed by atoms with E-state index in [4.69, 9.17) is 16.4 Å². The predicted octanol–water partition coefficient (Wildman–Crippen LogP) is 1.77. The third-order valence-corrected chi connectivity index (χ3v) is 6.99. The Labute approximate surface area is 181 Å². The van der Waals surface area contributed by atoms with Gasteiger partial charge in [-0.25, -0.2) is 18.4 Å². The van der Waals surface area contributed by atoms with Gasteiger partial charge in [-0.05, 0) is 39.5 Å². The van der Waals surface area contributed by atoms with E-state index in [0.29, 0.717) is 22.6 Å². The first-order chi connectivity index (χ1) is 14.2. The monoisotopic (exact) mass is 458 g/mol. The maximum atomic E-state index is 12.5. The molecule has 1 aliphatic carbocycles. The number of halogens is 1. The van der Waals surface area contributed by atoms with Crippen molar-refractivity contribution in [3.63, 3.8) is 0 Å². The second kappa shape index (κ2) is 9.65. The Bertz CT molecular complexity index is 944. The summed E-state index contributed by atoms with van der Waals surface area (Å²) < 4.78 is 26.9. The highest BCUT2D eigenvalue weighted by molar-refractivity contribution is 7.89. The SMILES string of the molecule is CC(C)n1c(CONS(=O)(=O)C(C)Cc2ncc(Cl)cn2)nnc1C1CC(CO)C1. The molecule has 0 aromatic carbocycles. The van der Waals surface area contributed by atoms with Gasteiger partial charge in [-0.3, -0.25) is 4.84 Å². The van der Waals surface area contributed by atoms with E-state index in [1.54, 1.807) is 6.92 Å². The molecule has 1 unspecified atom stereocenters. The quantitative estimate of drug-likeness (QED) is 0.515. The molecule has 0 radical (unpaired) electrons. The van der Waals surface area contributed by atoms with Crippen LogP contribution in [0.1, 0.15) is 63.0 Å². The highest BCUT2D eigenvalue weighted by Gasteiger charge is 2.34. The zero-order chi connectivity index (χ0) is 21.9. The Kier molecular flexibility index (Phi) is 7.40. The van der Waals surface area contributed by atoms with Crippen LogP contribution < -0.4 is 4.89 Å². The smallest absolute Gasteiger partial charge is 0.236 e. The van der Waals surface area contributed by atoms with Gasteiger partial charge in [0.2, 0.25) is 10.0 Å². The minimum atomic E-state index is -3.76. The van der Waals surface area contributed by atoms with Crippen LogP contribution in [0.2, 0.25) is 5.02 Å². The molecular formula is C18H27ClN6O4S. The van der Waals surface area contributed by atoms with E-state index in [0.717, 1.165) is 18.7 Å². The maximum absolute atomic E-state index is 12.5. The second-order valence-corrected chi connectivity index (χ2v) is 10.4. The normalized spacial score (nSPS) is 20.3. The van der Waals surface area contributed by atoms with Crippen molar-refractivity contribution in [2.75, 3.05) is 6.61 Å². The number of aromatic nitrogens is 5. The van der Waals surface area contributed by atoms with Crippen molar-refractivity contribution >= 4 is 21.6 Å². The van der Waals surface area contributed by atoms with Crippen molar-refractivity contribution in [3.8, 4) is 0 Å². The van der Waals surface area contributed by atoms with Gasteiger partial charge in [0.1, 0.15) is 18.3 Å². The standard InChI is InChI=1S/C18H27ClN6O4S/c1-11(2)25-17(22-23-18(25)14-5-13(6-14)9-26)10-29-24-30(27,28)12(3)4-16-20-7-15(19)8-21-16/h7-8,11-14,24,26H,4-6,9-10H2,1-3H3. The van der Waals surface area contributed by atoms with Crippen LogP contribution in [0.3, 0.4) is 0 Å². The number of aliphatic hydroxyl groups excluding tert-OH is 1. The predicted molar refractivity (Wildman–Crippen MR) is 110 cm³/mol. The summed E-state index contributed by atoms with van der Waals surface area (Å²) in [7, 11) is -3.76. The number of aliphatic hydroxyl groups is 1. The molecule has 10 nitrogen and oxygen atoms in total. The summed E-state index contributed by atoms with van der Waals surface area (Å²) in [5.74, 6) is 2.34. The number of rotatable bonds is 10. The molecule has 0 aliphatic heterocycles. The van der Waals surface area contributed by atoms with E-state index < -0.39 is 15.3 Å².